The summed E-state index contributed by atoms with van der Waals surface area (Å²) in [7, 11) is 0. The van der Waals surface area contributed by atoms with Gasteiger partial charge in [-0.05, 0) is 44.2 Å². The summed E-state index contributed by atoms with van der Waals surface area (Å²) in [6.07, 6.45) is 2.60. The lowest BCUT2D eigenvalue weighted by atomic mass is 9.95. The predicted octanol–water partition coefficient (Wildman–Crippen LogP) is 3.65. The maximum absolute atomic E-state index is 13.0. The van der Waals surface area contributed by atoms with Crippen LogP contribution in [0.2, 0.25) is 0 Å². The third kappa shape index (κ3) is 2.15. The van der Waals surface area contributed by atoms with E-state index >= 15 is 0 Å². The van der Waals surface area contributed by atoms with Crippen LogP contribution in [-0.2, 0) is 11.0 Å². The van der Waals surface area contributed by atoms with Crippen LogP contribution in [0.4, 0.5) is 13.2 Å². The van der Waals surface area contributed by atoms with E-state index in [0.29, 0.717) is 17.0 Å². The second-order valence-electron chi connectivity index (χ2n) is 6.03. The van der Waals surface area contributed by atoms with Crippen molar-refractivity contribution < 1.29 is 22.7 Å². The summed E-state index contributed by atoms with van der Waals surface area (Å²) in [6, 6.07) is 3.40. The Morgan fingerprint density at radius 2 is 1.96 bits per heavy atom. The summed E-state index contributed by atoms with van der Waals surface area (Å²) in [6.45, 7) is 3.50. The van der Waals surface area contributed by atoms with Crippen LogP contribution < -0.4 is 4.74 Å². The van der Waals surface area contributed by atoms with E-state index in [9.17, 15) is 13.2 Å². The molecule has 3 aliphatic heterocycles. The van der Waals surface area contributed by atoms with E-state index in [0.717, 1.165) is 12.1 Å². The van der Waals surface area contributed by atoms with Crippen LogP contribution in [0.3, 0.4) is 0 Å². The second-order valence-corrected chi connectivity index (χ2v) is 6.03. The predicted molar refractivity (Wildman–Crippen MR) is 76.6 cm³/mol. The Labute approximate surface area is 130 Å². The number of ether oxygens (including phenoxy) is 1. The summed E-state index contributed by atoms with van der Waals surface area (Å²) in [4.78, 5) is 10.1. The topological polar surface area (TPSA) is 37.1 Å². The Bertz CT molecular complexity index is 780. The molecule has 7 heteroatoms. The van der Waals surface area contributed by atoms with Gasteiger partial charge in [-0.25, -0.2) is 14.9 Å². The van der Waals surface area contributed by atoms with E-state index in [2.05, 4.69) is 4.99 Å². The lowest BCUT2D eigenvalue weighted by Gasteiger charge is -2.31. The summed E-state index contributed by atoms with van der Waals surface area (Å²) in [5.41, 5.74) is -1.87. The Morgan fingerprint density at radius 3 is 2.65 bits per heavy atom. The molecule has 1 fully saturated rings. The van der Waals surface area contributed by atoms with Gasteiger partial charge in [0.2, 0.25) is 0 Å². The molecule has 3 aliphatic rings. The number of benzene rings is 1. The maximum atomic E-state index is 13.0. The molecule has 0 aliphatic carbocycles. The smallest absolute Gasteiger partial charge is 0.416 e. The Morgan fingerprint density at radius 1 is 1.17 bits per heavy atom. The number of halogens is 3. The fraction of sp³-hybridized carbons (Fsp3) is 0.312. The average Bonchev–Trinajstić information content (AvgIpc) is 3.19. The molecule has 0 spiro atoms. The molecule has 3 heterocycles. The van der Waals surface area contributed by atoms with Crippen molar-refractivity contribution in [2.24, 2.45) is 4.99 Å². The molecule has 120 valence electrons. The summed E-state index contributed by atoms with van der Waals surface area (Å²) in [5.74, 6) is 0.362. The normalized spacial score (nSPS) is 27.0. The fourth-order valence-corrected chi connectivity index (χ4v) is 2.79. The van der Waals surface area contributed by atoms with Crippen molar-refractivity contribution in [1.29, 1.82) is 0 Å². The molecule has 1 aromatic carbocycles. The van der Waals surface area contributed by atoms with Gasteiger partial charge in [0.15, 0.2) is 5.72 Å². The first kappa shape index (κ1) is 14.3. The quantitative estimate of drug-likeness (QED) is 0.741. The van der Waals surface area contributed by atoms with E-state index in [4.69, 9.17) is 9.57 Å². The number of hydrogen-bond acceptors (Lipinski definition) is 4. The number of rotatable bonds is 1. The van der Waals surface area contributed by atoms with Gasteiger partial charge in [0.1, 0.15) is 11.5 Å². The van der Waals surface area contributed by atoms with Crippen molar-refractivity contribution in [3.8, 4) is 5.75 Å². The van der Waals surface area contributed by atoms with Gasteiger partial charge in [-0.2, -0.15) is 13.2 Å². The molecule has 1 aromatic rings. The third-order valence-electron chi connectivity index (χ3n) is 3.83. The molecule has 0 amide bonds. The van der Waals surface area contributed by atoms with Crippen molar-refractivity contribution >= 4 is 5.71 Å². The average molecular weight is 322 g/mol. The number of hydrogen-bond donors (Lipinski definition) is 0. The molecular formula is C16H13F3N2O2. The van der Waals surface area contributed by atoms with Crippen LogP contribution in [0.25, 0.3) is 0 Å². The van der Waals surface area contributed by atoms with Crippen LogP contribution in [0, 0.1) is 0 Å². The molecule has 0 bridgehead atoms. The van der Waals surface area contributed by atoms with Crippen molar-refractivity contribution in [3.63, 3.8) is 0 Å². The highest BCUT2D eigenvalue weighted by Crippen LogP contribution is 2.47. The summed E-state index contributed by atoms with van der Waals surface area (Å²) < 4.78 is 44.8. The number of aliphatic imine (C=N–C) groups is 1. The van der Waals surface area contributed by atoms with Crippen molar-refractivity contribution in [3.05, 3.63) is 53.8 Å². The van der Waals surface area contributed by atoms with Crippen molar-refractivity contribution in [1.82, 2.24) is 5.06 Å². The van der Waals surface area contributed by atoms with Gasteiger partial charge < -0.3 is 4.74 Å². The Hall–Kier alpha value is -2.28. The van der Waals surface area contributed by atoms with Crippen LogP contribution in [0.15, 0.2) is 47.6 Å². The lowest BCUT2D eigenvalue weighted by molar-refractivity contribution is -0.137. The van der Waals surface area contributed by atoms with Gasteiger partial charge in [-0.3, -0.25) is 0 Å². The van der Waals surface area contributed by atoms with Gasteiger partial charge in [0.05, 0.1) is 5.56 Å². The number of fused-ring (bicyclic) bond motifs is 2. The molecule has 4 nitrogen and oxygen atoms in total. The molecule has 0 N–H and O–H groups in total. The first-order chi connectivity index (χ1) is 10.7. The summed E-state index contributed by atoms with van der Waals surface area (Å²) in [5, 5.41) is 1.55. The minimum atomic E-state index is -4.43. The molecule has 1 saturated heterocycles. The first-order valence-electron chi connectivity index (χ1n) is 7.07. The van der Waals surface area contributed by atoms with Gasteiger partial charge in [-0.1, -0.05) is 6.08 Å². The zero-order valence-electron chi connectivity index (χ0n) is 12.4. The Kier molecular flexibility index (Phi) is 2.60. The van der Waals surface area contributed by atoms with E-state index < -0.39 is 23.2 Å². The fourth-order valence-electron chi connectivity index (χ4n) is 2.79. The van der Waals surface area contributed by atoms with Crippen LogP contribution >= 0.6 is 0 Å². The molecule has 4 rings (SSSR count). The molecule has 0 aromatic heterocycles. The largest absolute Gasteiger partial charge is 0.466 e. The molecule has 1 unspecified atom stereocenters. The van der Waals surface area contributed by atoms with E-state index in [1.807, 2.05) is 0 Å². The van der Waals surface area contributed by atoms with Gasteiger partial charge in [0, 0.05) is 11.8 Å². The molecular weight excluding hydrogens is 309 g/mol. The Balaban J connectivity index is 1.88. The number of hydroxylamine groups is 2. The second kappa shape index (κ2) is 4.17. The van der Waals surface area contributed by atoms with Crippen LogP contribution in [0.1, 0.15) is 25.0 Å². The number of nitrogens with zero attached hydrogens (tertiary/aromatic N) is 2. The zero-order chi connectivity index (χ0) is 16.5. The van der Waals surface area contributed by atoms with E-state index in [1.54, 1.807) is 43.3 Å². The highest BCUT2D eigenvalue weighted by molar-refractivity contribution is 6.11. The minimum absolute atomic E-state index is 0.293. The zero-order valence-corrected chi connectivity index (χ0v) is 12.4. The van der Waals surface area contributed by atoms with Gasteiger partial charge in [-0.15, -0.1) is 0 Å². The standard InChI is InChI=1S/C16H13F3N2O2/c1-14(2)20-13(15-7-3-4-8-21(15)23-15)11-9-10(16(17,18)19)5-6-12(11)22-14/h3-9H,1-2H3. The molecule has 1 atom stereocenters. The minimum Gasteiger partial charge on any atom is -0.466 e. The summed E-state index contributed by atoms with van der Waals surface area (Å²) >= 11 is 0. The monoisotopic (exact) mass is 322 g/mol. The highest BCUT2D eigenvalue weighted by atomic mass is 19.4. The highest BCUT2D eigenvalue weighted by Gasteiger charge is 2.59. The molecule has 0 saturated carbocycles. The number of alkyl halides is 3. The first-order valence-corrected chi connectivity index (χ1v) is 7.07. The van der Waals surface area contributed by atoms with Crippen molar-refractivity contribution in [2.75, 3.05) is 0 Å². The van der Waals surface area contributed by atoms with Crippen molar-refractivity contribution in [2.45, 2.75) is 31.5 Å². The van der Waals surface area contributed by atoms with Gasteiger partial charge >= 0.3 is 6.18 Å². The third-order valence-corrected chi connectivity index (χ3v) is 3.83. The van der Waals surface area contributed by atoms with Gasteiger partial charge in [0.25, 0.3) is 5.72 Å². The van der Waals surface area contributed by atoms with Crippen LogP contribution in [-0.4, -0.2) is 22.2 Å². The number of allylic oxidation sites excluding steroid dienone is 2. The molecule has 0 radical (unpaired) electrons. The molecule has 23 heavy (non-hydrogen) atoms. The van der Waals surface area contributed by atoms with E-state index in [-0.39, 0.29) is 0 Å². The lowest BCUT2D eigenvalue weighted by Crippen LogP contribution is -2.39. The van der Waals surface area contributed by atoms with E-state index in [1.165, 1.54) is 6.07 Å². The SMILES string of the molecule is CC1(C)N=C(C23C=CC=CN2O3)c2cc(C(F)(F)F)ccc2O1. The maximum Gasteiger partial charge on any atom is 0.416 e. The van der Waals surface area contributed by atoms with Crippen LogP contribution in [0.5, 0.6) is 5.75 Å².